The van der Waals surface area contributed by atoms with Crippen molar-refractivity contribution >= 4 is 23.1 Å². The summed E-state index contributed by atoms with van der Waals surface area (Å²) in [4.78, 5) is 6.83. The highest BCUT2D eigenvalue weighted by atomic mass is 35.5. The van der Waals surface area contributed by atoms with E-state index in [0.29, 0.717) is 19.1 Å². The lowest BCUT2D eigenvalue weighted by Gasteiger charge is -2.33. The number of ether oxygens (including phenoxy) is 1. The van der Waals surface area contributed by atoms with E-state index in [2.05, 4.69) is 36.8 Å². The molecule has 2 aromatic heterocycles. The quantitative estimate of drug-likeness (QED) is 0.791. The average molecular weight is 384 g/mol. The molecule has 0 saturated carbocycles. The van der Waals surface area contributed by atoms with Gasteiger partial charge in [0.25, 0.3) is 0 Å². The van der Waals surface area contributed by atoms with Gasteiger partial charge in [-0.2, -0.15) is 0 Å². The molecule has 0 bridgehead atoms. The van der Waals surface area contributed by atoms with Gasteiger partial charge in [-0.15, -0.1) is 10.2 Å². The van der Waals surface area contributed by atoms with E-state index in [4.69, 9.17) is 16.3 Å². The first-order valence-electron chi connectivity index (χ1n) is 9.57. The molecule has 1 saturated heterocycles. The molecule has 0 amide bonds. The summed E-state index contributed by atoms with van der Waals surface area (Å²) in [6.07, 6.45) is 7.94. The molecule has 27 heavy (non-hydrogen) atoms. The number of aromatic nitrogens is 4. The van der Waals surface area contributed by atoms with Crippen LogP contribution in [0.5, 0.6) is 0 Å². The largest absolute Gasteiger partial charge is 0.369 e. The van der Waals surface area contributed by atoms with Gasteiger partial charge in [0.15, 0.2) is 5.82 Å². The van der Waals surface area contributed by atoms with E-state index in [1.54, 1.807) is 0 Å². The molecule has 4 heterocycles. The number of allylic oxidation sites excluding steroid dienone is 2. The molecule has 5 rings (SSSR count). The third-order valence-electron chi connectivity index (χ3n) is 5.68. The zero-order chi connectivity index (χ0) is 18.2. The Labute approximate surface area is 163 Å². The number of hydrogen-bond acceptors (Lipinski definition) is 5. The van der Waals surface area contributed by atoms with E-state index >= 15 is 0 Å². The van der Waals surface area contributed by atoms with Gasteiger partial charge in [-0.05, 0) is 37.8 Å². The summed E-state index contributed by atoms with van der Waals surface area (Å²) in [5.41, 5.74) is 2.32. The van der Waals surface area contributed by atoms with Crippen molar-refractivity contribution < 1.29 is 4.74 Å². The Morgan fingerprint density at radius 3 is 2.81 bits per heavy atom. The third kappa shape index (κ3) is 3.07. The Balaban J connectivity index is 1.43. The Hall–Kier alpha value is -2.18. The second kappa shape index (κ2) is 7.09. The number of pyridine rings is 1. The van der Waals surface area contributed by atoms with Gasteiger partial charge >= 0.3 is 0 Å². The van der Waals surface area contributed by atoms with Crippen LogP contribution in [0.3, 0.4) is 0 Å². The molecule has 2 aromatic rings. The highest BCUT2D eigenvalue weighted by molar-refractivity contribution is 6.32. The summed E-state index contributed by atoms with van der Waals surface area (Å²) in [6, 6.07) is 6.08. The molecule has 2 aliphatic heterocycles. The lowest BCUT2D eigenvalue weighted by molar-refractivity contribution is 0.140. The van der Waals surface area contributed by atoms with Gasteiger partial charge in [0.1, 0.15) is 18.2 Å². The smallest absolute Gasteiger partial charge is 0.163 e. The standard InChI is InChI=1S/C20H22ClN5O/c21-16-4-3-5-17-15(16)12-27-13-19-23-24-20(26(17)19)14-7-10-25(11-8-14)18-6-1-2-9-22-18/h1-2,4,6,9,14H,3,5,7-8,10-13H2. The fraction of sp³-hybridized carbons (Fsp3) is 0.450. The average Bonchev–Trinajstić information content (AvgIpc) is 3.04. The van der Waals surface area contributed by atoms with Crippen molar-refractivity contribution in [1.82, 2.24) is 19.7 Å². The molecule has 0 N–H and O–H groups in total. The fourth-order valence-electron chi connectivity index (χ4n) is 4.28. The Morgan fingerprint density at radius 2 is 2.00 bits per heavy atom. The Kier molecular flexibility index (Phi) is 4.45. The van der Waals surface area contributed by atoms with Crippen molar-refractivity contribution in [3.63, 3.8) is 0 Å². The molecule has 1 aliphatic carbocycles. The number of rotatable bonds is 2. The van der Waals surface area contributed by atoms with Gasteiger partial charge in [-0.25, -0.2) is 4.98 Å². The maximum atomic E-state index is 6.48. The molecule has 7 heteroatoms. The first-order valence-corrected chi connectivity index (χ1v) is 9.95. The number of piperidine rings is 1. The number of halogens is 1. The van der Waals surface area contributed by atoms with Crippen LogP contribution in [-0.2, 0) is 11.3 Å². The van der Waals surface area contributed by atoms with Gasteiger partial charge in [0.2, 0.25) is 0 Å². The van der Waals surface area contributed by atoms with Crippen molar-refractivity contribution in [3.05, 3.63) is 52.7 Å². The molecular formula is C20H22ClN5O. The van der Waals surface area contributed by atoms with Crippen molar-refractivity contribution in [2.24, 2.45) is 0 Å². The molecule has 0 unspecified atom stereocenters. The van der Waals surface area contributed by atoms with Crippen LogP contribution in [0.2, 0.25) is 0 Å². The van der Waals surface area contributed by atoms with E-state index in [1.807, 2.05) is 18.3 Å². The molecule has 6 nitrogen and oxygen atoms in total. The highest BCUT2D eigenvalue weighted by Gasteiger charge is 2.31. The lowest BCUT2D eigenvalue weighted by Crippen LogP contribution is -2.34. The van der Waals surface area contributed by atoms with E-state index in [1.165, 1.54) is 5.70 Å². The monoisotopic (exact) mass is 383 g/mol. The van der Waals surface area contributed by atoms with E-state index in [0.717, 1.165) is 66.8 Å². The molecule has 1 fully saturated rings. The molecule has 3 aliphatic rings. The van der Waals surface area contributed by atoms with E-state index in [-0.39, 0.29) is 0 Å². The molecule has 0 radical (unpaired) electrons. The van der Waals surface area contributed by atoms with Crippen molar-refractivity contribution in [1.29, 1.82) is 0 Å². The summed E-state index contributed by atoms with van der Waals surface area (Å²) < 4.78 is 8.06. The maximum Gasteiger partial charge on any atom is 0.163 e. The van der Waals surface area contributed by atoms with Gasteiger partial charge < -0.3 is 9.64 Å². The van der Waals surface area contributed by atoms with Crippen molar-refractivity contribution in [2.75, 3.05) is 24.6 Å². The highest BCUT2D eigenvalue weighted by Crippen LogP contribution is 2.37. The van der Waals surface area contributed by atoms with Crippen LogP contribution in [0.1, 0.15) is 43.3 Å². The van der Waals surface area contributed by atoms with Crippen LogP contribution in [-0.4, -0.2) is 39.4 Å². The molecule has 0 spiro atoms. The summed E-state index contributed by atoms with van der Waals surface area (Å²) in [7, 11) is 0. The van der Waals surface area contributed by atoms with Crippen LogP contribution in [0.25, 0.3) is 5.70 Å². The third-order valence-corrected chi connectivity index (χ3v) is 6.06. The minimum Gasteiger partial charge on any atom is -0.369 e. The first-order chi connectivity index (χ1) is 13.3. The normalized spacial score (nSPS) is 20.8. The number of hydrogen-bond donors (Lipinski definition) is 0. The van der Waals surface area contributed by atoms with Crippen molar-refractivity contribution in [3.8, 4) is 0 Å². The van der Waals surface area contributed by atoms with Crippen LogP contribution < -0.4 is 4.90 Å². The molecule has 0 atom stereocenters. The molecule has 140 valence electrons. The van der Waals surface area contributed by atoms with Gasteiger partial charge in [0, 0.05) is 41.5 Å². The maximum absolute atomic E-state index is 6.48. The predicted octanol–water partition coefficient (Wildman–Crippen LogP) is 3.71. The van der Waals surface area contributed by atoms with Gasteiger partial charge in [-0.1, -0.05) is 23.7 Å². The Bertz CT molecular complexity index is 896. The second-order valence-corrected chi connectivity index (χ2v) is 7.68. The van der Waals surface area contributed by atoms with Crippen LogP contribution in [0.4, 0.5) is 5.82 Å². The van der Waals surface area contributed by atoms with Crippen LogP contribution >= 0.6 is 11.6 Å². The zero-order valence-electron chi connectivity index (χ0n) is 15.1. The summed E-state index contributed by atoms with van der Waals surface area (Å²) >= 11 is 6.48. The minimum absolute atomic E-state index is 0.391. The topological polar surface area (TPSA) is 56.1 Å². The lowest BCUT2D eigenvalue weighted by atomic mass is 9.95. The fourth-order valence-corrected chi connectivity index (χ4v) is 4.55. The van der Waals surface area contributed by atoms with Crippen LogP contribution in [0, 0.1) is 0 Å². The van der Waals surface area contributed by atoms with Crippen LogP contribution in [0.15, 0.2) is 41.1 Å². The minimum atomic E-state index is 0.391. The van der Waals surface area contributed by atoms with E-state index in [9.17, 15) is 0 Å². The second-order valence-electron chi connectivity index (χ2n) is 7.27. The van der Waals surface area contributed by atoms with Crippen molar-refractivity contribution in [2.45, 2.75) is 38.2 Å². The Morgan fingerprint density at radius 1 is 1.11 bits per heavy atom. The number of nitrogens with zero attached hydrogens (tertiary/aromatic N) is 5. The van der Waals surface area contributed by atoms with Gasteiger partial charge in [0.05, 0.1) is 6.61 Å². The summed E-state index contributed by atoms with van der Waals surface area (Å²) in [5.74, 6) is 3.41. The van der Waals surface area contributed by atoms with E-state index < -0.39 is 0 Å². The van der Waals surface area contributed by atoms with Gasteiger partial charge in [-0.3, -0.25) is 4.57 Å². The summed E-state index contributed by atoms with van der Waals surface area (Å²) in [5, 5.41) is 9.84. The zero-order valence-corrected chi connectivity index (χ0v) is 15.9. The SMILES string of the molecule is ClC1=CCCC2=C1COCc1nnc(C3CCN(c4ccccn4)CC3)n12. The number of fused-ring (bicyclic) bond motifs is 2. The molecule has 0 aromatic carbocycles. The summed E-state index contributed by atoms with van der Waals surface area (Å²) in [6.45, 7) is 2.99. The number of anilines is 1. The predicted molar refractivity (Wildman–Crippen MR) is 104 cm³/mol. The molecular weight excluding hydrogens is 362 g/mol. The first kappa shape index (κ1) is 17.0.